The number of nitrogens with one attached hydrogen (secondary N) is 1. The number of rotatable bonds is 5. The summed E-state index contributed by atoms with van der Waals surface area (Å²) < 4.78 is 27.7. The molecular weight excluding hydrogens is 260 g/mol. The van der Waals surface area contributed by atoms with Crippen molar-refractivity contribution in [3.63, 3.8) is 0 Å². The average molecular weight is 278 g/mol. The number of nitrogens with two attached hydrogens (primary N) is 1. The zero-order chi connectivity index (χ0) is 13.3. The summed E-state index contributed by atoms with van der Waals surface area (Å²) in [4.78, 5) is 0.0249. The number of nitrogen functional groups attached to an aromatic ring is 1. The van der Waals surface area contributed by atoms with Gasteiger partial charge in [0.15, 0.2) is 5.82 Å². The normalized spacial score (nSPS) is 12.9. The maximum Gasteiger partial charge on any atom is 0.245 e. The van der Waals surface area contributed by atoms with Gasteiger partial charge in [0.05, 0.1) is 0 Å². The van der Waals surface area contributed by atoms with Gasteiger partial charge in [0, 0.05) is 24.5 Å². The predicted molar refractivity (Wildman–Crippen MR) is 70.4 cm³/mol. The average Bonchev–Trinajstić information content (AvgIpc) is 2.56. The second-order valence-electron chi connectivity index (χ2n) is 4.34. The molecule has 1 aromatic rings. The molecule has 0 saturated carbocycles. The van der Waals surface area contributed by atoms with Crippen molar-refractivity contribution in [2.45, 2.75) is 23.5 Å². The van der Waals surface area contributed by atoms with Gasteiger partial charge in [-0.05, 0) is 20.1 Å². The molecule has 0 atom stereocenters. The van der Waals surface area contributed by atoms with Crippen LogP contribution >= 0.6 is 11.8 Å². The Balaban J connectivity index is 2.87. The molecule has 0 amide bonds. The van der Waals surface area contributed by atoms with Crippen molar-refractivity contribution in [2.75, 3.05) is 18.5 Å². The van der Waals surface area contributed by atoms with Gasteiger partial charge in [-0.25, -0.2) is 13.1 Å². The third-order valence-electron chi connectivity index (χ3n) is 2.35. The molecule has 0 aliphatic rings. The maximum atomic E-state index is 12.0. The molecule has 1 aromatic heterocycles. The Bertz CT molecular complexity index is 493. The van der Waals surface area contributed by atoms with E-state index < -0.39 is 10.0 Å². The highest BCUT2D eigenvalue weighted by atomic mass is 32.2. The quantitative estimate of drug-likeness (QED) is 0.815. The summed E-state index contributed by atoms with van der Waals surface area (Å²) in [6.07, 6.45) is 3.33. The smallest absolute Gasteiger partial charge is 0.245 e. The van der Waals surface area contributed by atoms with Gasteiger partial charge in [-0.15, -0.1) is 0 Å². The van der Waals surface area contributed by atoms with Crippen LogP contribution in [0, 0.1) is 0 Å². The summed E-state index contributed by atoms with van der Waals surface area (Å²) >= 11 is 1.59. The Kier molecular flexibility index (Phi) is 4.11. The highest BCUT2D eigenvalue weighted by molar-refractivity contribution is 8.00. The van der Waals surface area contributed by atoms with Gasteiger partial charge in [0.2, 0.25) is 10.0 Å². The zero-order valence-electron chi connectivity index (χ0n) is 10.4. The minimum Gasteiger partial charge on any atom is -0.381 e. The summed E-state index contributed by atoms with van der Waals surface area (Å²) in [6.45, 7) is 4.27. The van der Waals surface area contributed by atoms with E-state index >= 15 is 0 Å². The van der Waals surface area contributed by atoms with Crippen molar-refractivity contribution >= 4 is 27.6 Å². The molecule has 0 aliphatic heterocycles. The van der Waals surface area contributed by atoms with Gasteiger partial charge in [0.25, 0.3) is 0 Å². The first-order valence-electron chi connectivity index (χ1n) is 5.02. The molecule has 1 rings (SSSR count). The van der Waals surface area contributed by atoms with E-state index in [0.29, 0.717) is 6.54 Å². The first kappa shape index (κ1) is 14.3. The van der Waals surface area contributed by atoms with E-state index in [1.165, 1.54) is 10.9 Å². The van der Waals surface area contributed by atoms with Crippen LogP contribution in [0.15, 0.2) is 11.1 Å². The number of hydrogen-bond acceptors (Lipinski definition) is 5. The van der Waals surface area contributed by atoms with Gasteiger partial charge in [-0.1, -0.05) is 0 Å². The van der Waals surface area contributed by atoms with Crippen LogP contribution in [0.25, 0.3) is 0 Å². The molecule has 0 aromatic carbocycles. The molecule has 0 aliphatic carbocycles. The van der Waals surface area contributed by atoms with Crippen LogP contribution < -0.4 is 10.5 Å². The standard InChI is InChI=1S/C9H18N4O2S2/c1-9(2,16-4)6-11-17(14,15)7-5-13(3)12-8(7)10/h5,11H,6H2,1-4H3,(H2,10,12). The highest BCUT2D eigenvalue weighted by Gasteiger charge is 2.24. The number of aromatic nitrogens is 2. The number of nitrogens with zero attached hydrogens (tertiary/aromatic N) is 2. The molecule has 0 spiro atoms. The molecule has 0 saturated heterocycles. The van der Waals surface area contributed by atoms with Crippen LogP contribution in [0.1, 0.15) is 13.8 Å². The van der Waals surface area contributed by atoms with Crippen LogP contribution in [0.4, 0.5) is 5.82 Å². The Morgan fingerprint density at radius 2 is 2.18 bits per heavy atom. The number of anilines is 1. The Morgan fingerprint density at radius 3 is 2.59 bits per heavy atom. The fourth-order valence-corrected chi connectivity index (χ4v) is 2.73. The van der Waals surface area contributed by atoms with Gasteiger partial charge < -0.3 is 5.73 Å². The molecule has 6 nitrogen and oxygen atoms in total. The van der Waals surface area contributed by atoms with E-state index in [1.807, 2.05) is 20.1 Å². The lowest BCUT2D eigenvalue weighted by atomic mass is 10.2. The zero-order valence-corrected chi connectivity index (χ0v) is 12.0. The number of sulfonamides is 1. The molecule has 17 heavy (non-hydrogen) atoms. The summed E-state index contributed by atoms with van der Waals surface area (Å²) in [6, 6.07) is 0. The lowest BCUT2D eigenvalue weighted by Crippen LogP contribution is -2.36. The molecule has 0 bridgehead atoms. The van der Waals surface area contributed by atoms with Gasteiger partial charge in [-0.3, -0.25) is 4.68 Å². The summed E-state index contributed by atoms with van der Waals surface area (Å²) in [5.74, 6) is 0.0157. The fourth-order valence-electron chi connectivity index (χ4n) is 1.11. The Hall–Kier alpha value is -0.730. The largest absolute Gasteiger partial charge is 0.381 e. The van der Waals surface area contributed by atoms with E-state index in [9.17, 15) is 8.42 Å². The minimum absolute atomic E-state index is 0.0157. The second kappa shape index (κ2) is 4.87. The van der Waals surface area contributed by atoms with Gasteiger partial charge in [-0.2, -0.15) is 16.9 Å². The molecule has 98 valence electrons. The molecule has 0 radical (unpaired) electrons. The van der Waals surface area contributed by atoms with Crippen molar-refractivity contribution < 1.29 is 8.42 Å². The van der Waals surface area contributed by atoms with Crippen molar-refractivity contribution in [2.24, 2.45) is 7.05 Å². The van der Waals surface area contributed by atoms with Crippen LogP contribution in [0.5, 0.6) is 0 Å². The first-order valence-corrected chi connectivity index (χ1v) is 7.73. The summed E-state index contributed by atoms with van der Waals surface area (Å²) in [7, 11) is -1.96. The highest BCUT2D eigenvalue weighted by Crippen LogP contribution is 2.21. The Labute approximate surface area is 106 Å². The van der Waals surface area contributed by atoms with E-state index in [4.69, 9.17) is 5.73 Å². The number of aryl methyl sites for hydroxylation is 1. The second-order valence-corrected chi connectivity index (χ2v) is 7.59. The van der Waals surface area contributed by atoms with E-state index in [2.05, 4.69) is 9.82 Å². The SMILES string of the molecule is CSC(C)(C)CNS(=O)(=O)c1cn(C)nc1N. The lowest BCUT2D eigenvalue weighted by molar-refractivity contribution is 0.571. The molecular formula is C9H18N4O2S2. The van der Waals surface area contributed by atoms with Crippen LogP contribution in [0.3, 0.4) is 0 Å². The van der Waals surface area contributed by atoms with E-state index in [-0.39, 0.29) is 15.5 Å². The van der Waals surface area contributed by atoms with Crippen LogP contribution in [-0.2, 0) is 17.1 Å². The predicted octanol–water partition coefficient (Wildman–Crippen LogP) is 0.422. The van der Waals surface area contributed by atoms with Crippen LogP contribution in [-0.4, -0.2) is 35.7 Å². The Morgan fingerprint density at radius 1 is 1.59 bits per heavy atom. The van der Waals surface area contributed by atoms with Crippen molar-refractivity contribution in [1.29, 1.82) is 0 Å². The number of thioether (sulfide) groups is 1. The number of hydrogen-bond donors (Lipinski definition) is 2. The van der Waals surface area contributed by atoms with Crippen molar-refractivity contribution in [3.05, 3.63) is 6.20 Å². The molecule has 3 N–H and O–H groups in total. The van der Waals surface area contributed by atoms with Crippen molar-refractivity contribution in [1.82, 2.24) is 14.5 Å². The minimum atomic E-state index is -3.59. The first-order chi connectivity index (χ1) is 7.68. The summed E-state index contributed by atoms with van der Waals surface area (Å²) in [5.41, 5.74) is 5.54. The topological polar surface area (TPSA) is 90.0 Å². The maximum absolute atomic E-state index is 12.0. The molecule has 1 heterocycles. The van der Waals surface area contributed by atoms with E-state index in [1.54, 1.807) is 18.8 Å². The van der Waals surface area contributed by atoms with Crippen molar-refractivity contribution in [3.8, 4) is 0 Å². The van der Waals surface area contributed by atoms with E-state index in [0.717, 1.165) is 0 Å². The summed E-state index contributed by atoms with van der Waals surface area (Å²) in [5, 5.41) is 3.81. The molecule has 0 unspecified atom stereocenters. The van der Waals surface area contributed by atoms with Crippen LogP contribution in [0.2, 0.25) is 0 Å². The molecule has 8 heteroatoms. The lowest BCUT2D eigenvalue weighted by Gasteiger charge is -2.21. The monoisotopic (exact) mass is 278 g/mol. The van der Waals surface area contributed by atoms with Gasteiger partial charge in [0.1, 0.15) is 4.90 Å². The van der Waals surface area contributed by atoms with Gasteiger partial charge >= 0.3 is 0 Å². The third-order valence-corrected chi connectivity index (χ3v) is 5.02. The fraction of sp³-hybridized carbons (Fsp3) is 0.667. The molecule has 0 fully saturated rings. The third kappa shape index (κ3) is 3.62.